The van der Waals surface area contributed by atoms with Gasteiger partial charge < -0.3 is 5.32 Å². The minimum atomic E-state index is -2.87. The number of hydrogen-bond acceptors (Lipinski definition) is 6. The maximum absolute atomic E-state index is 11.5. The summed E-state index contributed by atoms with van der Waals surface area (Å²) in [5.74, 6) is 1.13. The van der Waals surface area contributed by atoms with Crippen molar-refractivity contribution in [1.82, 2.24) is 20.2 Å². The van der Waals surface area contributed by atoms with E-state index in [0.29, 0.717) is 12.2 Å². The maximum Gasteiger partial charge on any atom is 0.181 e. The molecule has 0 aliphatic carbocycles. The van der Waals surface area contributed by atoms with Gasteiger partial charge in [-0.1, -0.05) is 12.1 Å². The second-order valence-electron chi connectivity index (χ2n) is 4.95. The number of sulfone groups is 1. The molecule has 1 aliphatic rings. The molecule has 3 rings (SSSR count). The average molecular weight is 293 g/mol. The Kier molecular flexibility index (Phi) is 3.17. The Bertz CT molecular complexity index is 725. The molecule has 1 aromatic carbocycles. The predicted octanol–water partition coefficient (Wildman–Crippen LogP) is 0.476. The Labute approximate surface area is 116 Å². The van der Waals surface area contributed by atoms with Gasteiger partial charge in [-0.2, -0.15) is 0 Å². The van der Waals surface area contributed by atoms with Crippen LogP contribution in [-0.4, -0.2) is 46.2 Å². The minimum absolute atomic E-state index is 0.0205. The molecule has 2 aromatic rings. The molecule has 8 heteroatoms. The topological polar surface area (TPSA) is 89.8 Å². The van der Waals surface area contributed by atoms with Crippen molar-refractivity contribution in [3.05, 3.63) is 24.3 Å². The standard InChI is InChI=1S/C12H15N5O2S/c1-17-12(14-15-16-17)9-3-2-4-10(7-9)13-11-5-6-20(18,19)8-11/h2-4,7,11,13H,5-6,8H2,1H3. The summed E-state index contributed by atoms with van der Waals surface area (Å²) in [6.07, 6.45) is 0.651. The van der Waals surface area contributed by atoms with Gasteiger partial charge in [0, 0.05) is 24.3 Å². The zero-order valence-electron chi connectivity index (χ0n) is 11.0. The van der Waals surface area contributed by atoms with Crippen LogP contribution < -0.4 is 5.32 Å². The number of nitrogens with one attached hydrogen (secondary N) is 1. The number of tetrazole rings is 1. The van der Waals surface area contributed by atoms with Crippen molar-refractivity contribution in [2.75, 3.05) is 16.8 Å². The molecule has 0 bridgehead atoms. The van der Waals surface area contributed by atoms with Gasteiger partial charge in [0.25, 0.3) is 0 Å². The lowest BCUT2D eigenvalue weighted by Gasteiger charge is -2.13. The third kappa shape index (κ3) is 2.64. The van der Waals surface area contributed by atoms with Crippen molar-refractivity contribution in [1.29, 1.82) is 0 Å². The number of benzene rings is 1. The van der Waals surface area contributed by atoms with Gasteiger partial charge in [0.05, 0.1) is 11.5 Å². The Morgan fingerprint density at radius 1 is 1.40 bits per heavy atom. The maximum atomic E-state index is 11.5. The number of aromatic nitrogens is 4. The molecule has 106 valence electrons. The molecule has 1 aliphatic heterocycles. The number of aryl methyl sites for hydroxylation is 1. The summed E-state index contributed by atoms with van der Waals surface area (Å²) in [5, 5.41) is 14.6. The van der Waals surface area contributed by atoms with E-state index in [1.165, 1.54) is 0 Å². The minimum Gasteiger partial charge on any atom is -0.381 e. The first-order valence-corrected chi connectivity index (χ1v) is 8.15. The van der Waals surface area contributed by atoms with E-state index in [2.05, 4.69) is 20.8 Å². The van der Waals surface area contributed by atoms with Crippen LogP contribution in [0.1, 0.15) is 6.42 Å². The molecule has 0 radical (unpaired) electrons. The Morgan fingerprint density at radius 2 is 2.25 bits per heavy atom. The quantitative estimate of drug-likeness (QED) is 0.885. The molecule has 7 nitrogen and oxygen atoms in total. The van der Waals surface area contributed by atoms with Crippen LogP contribution in [0.15, 0.2) is 24.3 Å². The van der Waals surface area contributed by atoms with Gasteiger partial charge in [0.1, 0.15) is 0 Å². The van der Waals surface area contributed by atoms with Crippen LogP contribution in [0.2, 0.25) is 0 Å². The van der Waals surface area contributed by atoms with Crippen molar-refractivity contribution in [3.63, 3.8) is 0 Å². The normalized spacial score (nSPS) is 20.9. The highest BCUT2D eigenvalue weighted by molar-refractivity contribution is 7.91. The van der Waals surface area contributed by atoms with E-state index in [-0.39, 0.29) is 17.5 Å². The summed E-state index contributed by atoms with van der Waals surface area (Å²) in [6, 6.07) is 7.64. The van der Waals surface area contributed by atoms with Crippen molar-refractivity contribution in [2.24, 2.45) is 7.05 Å². The van der Waals surface area contributed by atoms with E-state index in [4.69, 9.17) is 0 Å². The second-order valence-corrected chi connectivity index (χ2v) is 7.18. The summed E-state index contributed by atoms with van der Waals surface area (Å²) >= 11 is 0. The molecular formula is C12H15N5O2S. The van der Waals surface area contributed by atoms with Gasteiger partial charge in [-0.25, -0.2) is 13.1 Å². The molecule has 1 aromatic heterocycles. The fourth-order valence-corrected chi connectivity index (χ4v) is 4.04. The highest BCUT2D eigenvalue weighted by Gasteiger charge is 2.27. The molecule has 2 heterocycles. The SMILES string of the molecule is Cn1nnnc1-c1cccc(NC2CCS(=O)(=O)C2)c1. The smallest absolute Gasteiger partial charge is 0.181 e. The molecule has 1 fully saturated rings. The first kappa shape index (κ1) is 13.0. The molecule has 1 saturated heterocycles. The fraction of sp³-hybridized carbons (Fsp3) is 0.417. The number of rotatable bonds is 3. The predicted molar refractivity (Wildman–Crippen MR) is 74.9 cm³/mol. The van der Waals surface area contributed by atoms with Crippen LogP contribution >= 0.6 is 0 Å². The molecule has 0 spiro atoms. The molecule has 0 saturated carbocycles. The average Bonchev–Trinajstić information content (AvgIpc) is 2.96. The van der Waals surface area contributed by atoms with Gasteiger partial charge in [-0.3, -0.25) is 0 Å². The molecular weight excluding hydrogens is 278 g/mol. The largest absolute Gasteiger partial charge is 0.381 e. The lowest BCUT2D eigenvalue weighted by Crippen LogP contribution is -2.20. The van der Waals surface area contributed by atoms with E-state index >= 15 is 0 Å². The third-order valence-corrected chi connectivity index (χ3v) is 5.11. The number of anilines is 1. The molecule has 20 heavy (non-hydrogen) atoms. The first-order valence-electron chi connectivity index (χ1n) is 6.33. The van der Waals surface area contributed by atoms with E-state index in [1.807, 2.05) is 24.3 Å². The van der Waals surface area contributed by atoms with Crippen LogP contribution in [0.3, 0.4) is 0 Å². The van der Waals surface area contributed by atoms with Gasteiger partial charge in [0.2, 0.25) is 0 Å². The van der Waals surface area contributed by atoms with Crippen LogP contribution in [0.25, 0.3) is 11.4 Å². The van der Waals surface area contributed by atoms with E-state index < -0.39 is 9.84 Å². The summed E-state index contributed by atoms with van der Waals surface area (Å²) in [7, 11) is -1.10. The van der Waals surface area contributed by atoms with Crippen LogP contribution in [0.4, 0.5) is 5.69 Å². The van der Waals surface area contributed by atoms with Crippen LogP contribution in [-0.2, 0) is 16.9 Å². The third-order valence-electron chi connectivity index (χ3n) is 3.34. The van der Waals surface area contributed by atoms with Crippen LogP contribution in [0, 0.1) is 0 Å². The lowest BCUT2D eigenvalue weighted by atomic mass is 10.1. The Morgan fingerprint density at radius 3 is 2.90 bits per heavy atom. The number of hydrogen-bond donors (Lipinski definition) is 1. The second kappa shape index (κ2) is 4.86. The first-order chi connectivity index (χ1) is 9.53. The summed E-state index contributed by atoms with van der Waals surface area (Å²) < 4.78 is 24.5. The van der Waals surface area contributed by atoms with Crippen molar-refractivity contribution in [3.8, 4) is 11.4 Å². The molecule has 0 amide bonds. The highest BCUT2D eigenvalue weighted by atomic mass is 32.2. The van der Waals surface area contributed by atoms with E-state index in [1.54, 1.807) is 11.7 Å². The molecule has 1 N–H and O–H groups in total. The van der Waals surface area contributed by atoms with Gasteiger partial charge in [-0.05, 0) is 29.0 Å². The summed E-state index contributed by atoms with van der Waals surface area (Å²) in [6.45, 7) is 0. The number of nitrogens with zero attached hydrogens (tertiary/aromatic N) is 4. The van der Waals surface area contributed by atoms with Gasteiger partial charge in [-0.15, -0.1) is 5.10 Å². The van der Waals surface area contributed by atoms with Gasteiger partial charge >= 0.3 is 0 Å². The zero-order valence-corrected chi connectivity index (χ0v) is 11.8. The van der Waals surface area contributed by atoms with Crippen molar-refractivity contribution in [2.45, 2.75) is 12.5 Å². The Hall–Kier alpha value is -1.96. The fourth-order valence-electron chi connectivity index (χ4n) is 2.37. The van der Waals surface area contributed by atoms with Gasteiger partial charge in [0.15, 0.2) is 15.7 Å². The van der Waals surface area contributed by atoms with E-state index in [9.17, 15) is 8.42 Å². The molecule has 1 unspecified atom stereocenters. The van der Waals surface area contributed by atoms with Crippen molar-refractivity contribution < 1.29 is 8.42 Å². The van der Waals surface area contributed by atoms with E-state index in [0.717, 1.165) is 11.3 Å². The highest BCUT2D eigenvalue weighted by Crippen LogP contribution is 2.22. The summed E-state index contributed by atoms with van der Waals surface area (Å²) in [4.78, 5) is 0. The zero-order chi connectivity index (χ0) is 14.2. The van der Waals surface area contributed by atoms with Crippen molar-refractivity contribution >= 4 is 15.5 Å². The van der Waals surface area contributed by atoms with Crippen LogP contribution in [0.5, 0.6) is 0 Å². The Balaban J connectivity index is 1.80. The monoisotopic (exact) mass is 293 g/mol. The molecule has 1 atom stereocenters. The lowest BCUT2D eigenvalue weighted by molar-refractivity contribution is 0.602. The summed E-state index contributed by atoms with van der Waals surface area (Å²) in [5.41, 5.74) is 1.77.